The zero-order valence-electron chi connectivity index (χ0n) is 10.3. The quantitative estimate of drug-likeness (QED) is 0.565. The van der Waals surface area contributed by atoms with Gasteiger partial charge in [0.2, 0.25) is 5.91 Å². The lowest BCUT2D eigenvalue weighted by Crippen LogP contribution is -2.41. The fourth-order valence-corrected chi connectivity index (χ4v) is 1.09. The summed E-state index contributed by atoms with van der Waals surface area (Å²) in [5.41, 5.74) is 0. The van der Waals surface area contributed by atoms with E-state index in [9.17, 15) is 4.79 Å². The van der Waals surface area contributed by atoms with Crippen molar-refractivity contribution >= 4 is 5.91 Å². The molecule has 0 aliphatic carbocycles. The van der Waals surface area contributed by atoms with Crippen molar-refractivity contribution in [2.45, 2.75) is 13.2 Å². The van der Waals surface area contributed by atoms with Crippen molar-refractivity contribution in [2.24, 2.45) is 0 Å². The first-order valence-corrected chi connectivity index (χ1v) is 5.03. The molecule has 0 radical (unpaired) electrons. The summed E-state index contributed by atoms with van der Waals surface area (Å²) in [4.78, 5) is 15.0. The van der Waals surface area contributed by atoms with Crippen LogP contribution in [0.25, 0.3) is 0 Å². The van der Waals surface area contributed by atoms with E-state index in [1.54, 1.807) is 33.2 Å². The first-order valence-electron chi connectivity index (χ1n) is 5.03. The zero-order valence-corrected chi connectivity index (χ0v) is 10.3. The van der Waals surface area contributed by atoms with Crippen LogP contribution >= 0.6 is 0 Å². The minimum Gasteiger partial charge on any atom is -0.355 e. The summed E-state index contributed by atoms with van der Waals surface area (Å²) in [5, 5.41) is 0. The maximum absolute atomic E-state index is 11.5. The third-order valence-corrected chi connectivity index (χ3v) is 2.24. The molecule has 0 aromatic rings. The number of nitrogens with zero attached hydrogens (tertiary/aromatic N) is 2. The number of methoxy groups -OCH3 is 2. The van der Waals surface area contributed by atoms with E-state index in [-0.39, 0.29) is 12.2 Å². The Morgan fingerprint density at radius 1 is 1.27 bits per heavy atom. The van der Waals surface area contributed by atoms with Crippen LogP contribution in [0.3, 0.4) is 0 Å². The molecule has 0 aromatic heterocycles. The molecule has 0 aliphatic heterocycles. The van der Waals surface area contributed by atoms with E-state index in [0.29, 0.717) is 13.1 Å². The number of hydrogen-bond donors (Lipinski definition) is 0. The van der Waals surface area contributed by atoms with Crippen LogP contribution in [0.4, 0.5) is 0 Å². The highest BCUT2D eigenvalue weighted by Gasteiger charge is 2.15. The topological polar surface area (TPSA) is 42.0 Å². The number of carbonyl (C=O) groups excluding carboxylic acids is 1. The molecule has 1 amide bonds. The summed E-state index contributed by atoms with van der Waals surface area (Å²) in [6.07, 6.45) is -0.278. The third-order valence-electron chi connectivity index (χ3n) is 2.24. The van der Waals surface area contributed by atoms with E-state index in [4.69, 9.17) is 9.47 Å². The SMILES string of the molecule is CCN(CC(=O)N(C)C)CC(OC)OC. The molecular weight excluding hydrogens is 196 g/mol. The molecule has 0 heterocycles. The van der Waals surface area contributed by atoms with Crippen LogP contribution in [0, 0.1) is 0 Å². The molecule has 0 rings (SSSR count). The van der Waals surface area contributed by atoms with Gasteiger partial charge < -0.3 is 14.4 Å². The maximum Gasteiger partial charge on any atom is 0.236 e. The molecule has 0 bridgehead atoms. The minimum atomic E-state index is -0.278. The first kappa shape index (κ1) is 14.3. The molecule has 0 atom stereocenters. The number of ether oxygens (including phenoxy) is 2. The highest BCUT2D eigenvalue weighted by Crippen LogP contribution is 1.97. The Hall–Kier alpha value is -0.650. The van der Waals surface area contributed by atoms with E-state index in [1.165, 1.54) is 0 Å². The molecule has 0 aromatic carbocycles. The average molecular weight is 218 g/mol. The van der Waals surface area contributed by atoms with Gasteiger partial charge in [-0.3, -0.25) is 9.69 Å². The monoisotopic (exact) mass is 218 g/mol. The lowest BCUT2D eigenvalue weighted by Gasteiger charge is -2.25. The van der Waals surface area contributed by atoms with Gasteiger partial charge in [0.15, 0.2) is 6.29 Å². The predicted octanol–water partition coefficient (Wildman–Crippen LogP) is 0.0154. The standard InChI is InChI=1S/C10H22N2O3/c1-6-12(7-9(13)11(2)3)8-10(14-4)15-5/h10H,6-8H2,1-5H3. The summed E-state index contributed by atoms with van der Waals surface area (Å²) in [7, 11) is 6.69. The van der Waals surface area contributed by atoms with Gasteiger partial charge in [0.05, 0.1) is 6.54 Å². The van der Waals surface area contributed by atoms with Gasteiger partial charge >= 0.3 is 0 Å². The Bertz CT molecular complexity index is 182. The maximum atomic E-state index is 11.5. The van der Waals surface area contributed by atoms with Crippen LogP contribution in [0.15, 0.2) is 0 Å². The Morgan fingerprint density at radius 2 is 1.80 bits per heavy atom. The molecule has 0 unspecified atom stereocenters. The summed E-state index contributed by atoms with van der Waals surface area (Å²) in [6, 6.07) is 0. The van der Waals surface area contributed by atoms with Crippen LogP contribution in [0.5, 0.6) is 0 Å². The molecule has 5 heteroatoms. The Labute approximate surface area is 91.9 Å². The normalized spacial score (nSPS) is 11.1. The van der Waals surface area contributed by atoms with Crippen LogP contribution in [-0.2, 0) is 14.3 Å². The zero-order chi connectivity index (χ0) is 11.8. The molecule has 0 fully saturated rings. The average Bonchev–Trinajstić information content (AvgIpc) is 2.23. The van der Waals surface area contributed by atoms with Crippen molar-refractivity contribution in [1.82, 2.24) is 9.80 Å². The highest BCUT2D eigenvalue weighted by atomic mass is 16.7. The van der Waals surface area contributed by atoms with Crippen molar-refractivity contribution in [3.05, 3.63) is 0 Å². The van der Waals surface area contributed by atoms with Crippen LogP contribution < -0.4 is 0 Å². The summed E-state index contributed by atoms with van der Waals surface area (Å²) >= 11 is 0. The summed E-state index contributed by atoms with van der Waals surface area (Å²) in [6.45, 7) is 3.80. The number of carbonyl (C=O) groups is 1. The molecule has 0 aliphatic rings. The fraction of sp³-hybridized carbons (Fsp3) is 0.900. The van der Waals surface area contributed by atoms with Gasteiger partial charge in [0.25, 0.3) is 0 Å². The van der Waals surface area contributed by atoms with E-state index < -0.39 is 0 Å². The van der Waals surface area contributed by atoms with E-state index >= 15 is 0 Å². The van der Waals surface area contributed by atoms with Gasteiger partial charge in [-0.2, -0.15) is 0 Å². The number of rotatable bonds is 7. The second kappa shape index (κ2) is 7.62. The second-order valence-electron chi connectivity index (χ2n) is 3.52. The number of hydrogen-bond acceptors (Lipinski definition) is 4. The lowest BCUT2D eigenvalue weighted by atomic mass is 10.4. The Morgan fingerprint density at radius 3 is 2.13 bits per heavy atom. The van der Waals surface area contributed by atoms with E-state index in [2.05, 4.69) is 0 Å². The Balaban J connectivity index is 4.07. The number of amides is 1. The molecular formula is C10H22N2O3. The molecule has 90 valence electrons. The van der Waals surface area contributed by atoms with Gasteiger partial charge in [-0.1, -0.05) is 6.92 Å². The molecule has 0 saturated heterocycles. The van der Waals surface area contributed by atoms with Gasteiger partial charge in [-0.05, 0) is 6.54 Å². The largest absolute Gasteiger partial charge is 0.355 e. The van der Waals surface area contributed by atoms with Crippen LogP contribution in [0.1, 0.15) is 6.92 Å². The molecule has 0 saturated carbocycles. The third kappa shape index (κ3) is 5.71. The molecule has 15 heavy (non-hydrogen) atoms. The van der Waals surface area contributed by atoms with Gasteiger partial charge in [-0.15, -0.1) is 0 Å². The predicted molar refractivity (Wildman–Crippen MR) is 58.6 cm³/mol. The minimum absolute atomic E-state index is 0.0859. The molecule has 5 nitrogen and oxygen atoms in total. The van der Waals surface area contributed by atoms with Crippen LogP contribution in [0.2, 0.25) is 0 Å². The lowest BCUT2D eigenvalue weighted by molar-refractivity contribution is -0.135. The molecule has 0 N–H and O–H groups in total. The second-order valence-corrected chi connectivity index (χ2v) is 3.52. The van der Waals surface area contributed by atoms with Gasteiger partial charge in [0, 0.05) is 34.9 Å². The van der Waals surface area contributed by atoms with E-state index in [1.807, 2.05) is 11.8 Å². The fourth-order valence-electron chi connectivity index (χ4n) is 1.09. The first-order chi connectivity index (χ1) is 7.04. The summed E-state index contributed by atoms with van der Waals surface area (Å²) < 4.78 is 10.2. The van der Waals surface area contributed by atoms with Gasteiger partial charge in [0.1, 0.15) is 0 Å². The van der Waals surface area contributed by atoms with Crippen molar-refractivity contribution in [1.29, 1.82) is 0 Å². The van der Waals surface area contributed by atoms with Crippen LogP contribution in [-0.4, -0.2) is 69.9 Å². The Kier molecular flexibility index (Phi) is 7.29. The van der Waals surface area contributed by atoms with Crippen molar-refractivity contribution in [3.63, 3.8) is 0 Å². The molecule has 0 spiro atoms. The summed E-state index contributed by atoms with van der Waals surface area (Å²) in [5.74, 6) is 0.0859. The van der Waals surface area contributed by atoms with E-state index in [0.717, 1.165) is 6.54 Å². The van der Waals surface area contributed by atoms with Crippen molar-refractivity contribution in [3.8, 4) is 0 Å². The smallest absolute Gasteiger partial charge is 0.236 e. The van der Waals surface area contributed by atoms with Crippen molar-refractivity contribution in [2.75, 3.05) is 47.9 Å². The van der Waals surface area contributed by atoms with Crippen molar-refractivity contribution < 1.29 is 14.3 Å². The van der Waals surface area contributed by atoms with Gasteiger partial charge in [-0.25, -0.2) is 0 Å². The number of likely N-dealkylation sites (N-methyl/N-ethyl adjacent to an activating group) is 2. The highest BCUT2D eigenvalue weighted by molar-refractivity contribution is 5.77.